The van der Waals surface area contributed by atoms with Gasteiger partial charge in [-0.15, -0.1) is 0 Å². The molecule has 1 aromatic carbocycles. The number of nitrogens with two attached hydrogens (primary N) is 1. The second-order valence-corrected chi connectivity index (χ2v) is 9.85. The van der Waals surface area contributed by atoms with E-state index in [4.69, 9.17) is 10.8 Å². The molecule has 0 aliphatic carbocycles. The fourth-order valence-corrected chi connectivity index (χ4v) is 4.04. The monoisotopic (exact) mass is 561 g/mol. The van der Waals surface area contributed by atoms with Crippen molar-refractivity contribution in [3.63, 3.8) is 0 Å². The SMILES string of the molecule is CC(C)CC(NC(=O)C(CC(=O)O)NC(=O)C(Cc1c[nH]c2ccccc12)NC(=O)C(N)CCC(=O)O)C(=O)O. The Hall–Kier alpha value is -4.46. The van der Waals surface area contributed by atoms with Crippen molar-refractivity contribution in [2.24, 2.45) is 11.7 Å². The number of carbonyl (C=O) groups excluding carboxylic acids is 3. The summed E-state index contributed by atoms with van der Waals surface area (Å²) >= 11 is 0. The van der Waals surface area contributed by atoms with E-state index in [2.05, 4.69) is 20.9 Å². The summed E-state index contributed by atoms with van der Waals surface area (Å²) in [6.07, 6.45) is 0.195. The van der Waals surface area contributed by atoms with Crippen LogP contribution in [0.4, 0.5) is 0 Å². The maximum atomic E-state index is 13.4. The van der Waals surface area contributed by atoms with E-state index in [9.17, 15) is 39.0 Å². The number of para-hydroxylation sites is 1. The molecule has 0 aliphatic heterocycles. The van der Waals surface area contributed by atoms with Crippen LogP contribution >= 0.6 is 0 Å². The number of carbonyl (C=O) groups is 6. The molecule has 14 nitrogen and oxygen atoms in total. The van der Waals surface area contributed by atoms with Crippen LogP contribution in [0.15, 0.2) is 30.5 Å². The highest BCUT2D eigenvalue weighted by molar-refractivity contribution is 5.96. The summed E-state index contributed by atoms with van der Waals surface area (Å²) in [6, 6.07) is 1.62. The molecule has 0 spiro atoms. The molecule has 1 heterocycles. The van der Waals surface area contributed by atoms with Gasteiger partial charge in [0.15, 0.2) is 0 Å². The normalized spacial score (nSPS) is 14.1. The van der Waals surface area contributed by atoms with Gasteiger partial charge in [0.25, 0.3) is 0 Å². The topological polar surface area (TPSA) is 241 Å². The number of hydrogen-bond donors (Lipinski definition) is 8. The summed E-state index contributed by atoms with van der Waals surface area (Å²) < 4.78 is 0. The average Bonchev–Trinajstić information content (AvgIpc) is 3.28. The van der Waals surface area contributed by atoms with Crippen LogP contribution in [0.3, 0.4) is 0 Å². The molecular weight excluding hydrogens is 526 g/mol. The Bertz CT molecular complexity index is 1240. The highest BCUT2D eigenvalue weighted by Gasteiger charge is 2.32. The molecule has 0 saturated heterocycles. The van der Waals surface area contributed by atoms with Gasteiger partial charge >= 0.3 is 17.9 Å². The molecule has 0 saturated carbocycles. The van der Waals surface area contributed by atoms with Crippen LogP contribution in [-0.4, -0.2) is 80.1 Å². The van der Waals surface area contributed by atoms with Crippen molar-refractivity contribution in [2.75, 3.05) is 0 Å². The Balaban J connectivity index is 2.30. The van der Waals surface area contributed by atoms with Crippen LogP contribution in [0.1, 0.15) is 45.1 Å². The van der Waals surface area contributed by atoms with E-state index in [0.717, 1.165) is 10.9 Å². The van der Waals surface area contributed by atoms with Crippen molar-refractivity contribution in [1.82, 2.24) is 20.9 Å². The highest BCUT2D eigenvalue weighted by atomic mass is 16.4. The summed E-state index contributed by atoms with van der Waals surface area (Å²) in [5, 5.41) is 35.5. The number of aliphatic carboxylic acids is 3. The minimum absolute atomic E-state index is 0.0717. The molecule has 40 heavy (non-hydrogen) atoms. The maximum Gasteiger partial charge on any atom is 0.326 e. The summed E-state index contributed by atoms with van der Waals surface area (Å²) in [7, 11) is 0. The summed E-state index contributed by atoms with van der Waals surface area (Å²) in [4.78, 5) is 76.0. The van der Waals surface area contributed by atoms with E-state index < -0.39 is 66.2 Å². The van der Waals surface area contributed by atoms with Gasteiger partial charge in [0.1, 0.15) is 18.1 Å². The quantitative estimate of drug-likeness (QED) is 0.136. The second kappa shape index (κ2) is 14.6. The molecule has 4 unspecified atom stereocenters. The third-order valence-electron chi connectivity index (χ3n) is 6.07. The number of H-pyrrole nitrogens is 1. The van der Waals surface area contributed by atoms with Gasteiger partial charge in [0.05, 0.1) is 12.5 Å². The highest BCUT2D eigenvalue weighted by Crippen LogP contribution is 2.19. The number of carboxylic acid groups (broad SMARTS) is 3. The number of fused-ring (bicyclic) bond motifs is 1. The molecule has 0 radical (unpaired) electrons. The van der Waals surface area contributed by atoms with Crippen molar-refractivity contribution < 1.29 is 44.1 Å². The van der Waals surface area contributed by atoms with Gasteiger partial charge in [0, 0.05) is 29.9 Å². The molecule has 1 aromatic heterocycles. The van der Waals surface area contributed by atoms with E-state index in [-0.39, 0.29) is 31.6 Å². The molecule has 14 heteroatoms. The van der Waals surface area contributed by atoms with Crippen LogP contribution in [0.5, 0.6) is 0 Å². The lowest BCUT2D eigenvalue weighted by atomic mass is 10.0. The van der Waals surface area contributed by atoms with Gasteiger partial charge in [-0.05, 0) is 30.4 Å². The number of aromatic nitrogens is 1. The lowest BCUT2D eigenvalue weighted by Crippen LogP contribution is -2.58. The maximum absolute atomic E-state index is 13.4. The largest absolute Gasteiger partial charge is 0.481 e. The van der Waals surface area contributed by atoms with Crippen molar-refractivity contribution >= 4 is 46.5 Å². The van der Waals surface area contributed by atoms with E-state index in [1.54, 1.807) is 44.3 Å². The fraction of sp³-hybridized carbons (Fsp3) is 0.462. The molecule has 3 amide bonds. The van der Waals surface area contributed by atoms with Gasteiger partial charge in [-0.3, -0.25) is 24.0 Å². The molecular formula is C26H35N5O9. The summed E-state index contributed by atoms with van der Waals surface area (Å²) in [5.74, 6) is -6.75. The van der Waals surface area contributed by atoms with Crippen LogP contribution in [0.2, 0.25) is 0 Å². The molecule has 4 atom stereocenters. The Labute approximate surface area is 229 Å². The van der Waals surface area contributed by atoms with Crippen molar-refractivity contribution in [3.8, 4) is 0 Å². The first-order valence-corrected chi connectivity index (χ1v) is 12.7. The third-order valence-corrected chi connectivity index (χ3v) is 6.07. The van der Waals surface area contributed by atoms with Crippen LogP contribution in [0, 0.1) is 5.92 Å². The zero-order valence-electron chi connectivity index (χ0n) is 22.2. The fourth-order valence-electron chi connectivity index (χ4n) is 4.04. The van der Waals surface area contributed by atoms with E-state index in [1.165, 1.54) is 0 Å². The number of benzene rings is 1. The van der Waals surface area contributed by atoms with Crippen LogP contribution in [0.25, 0.3) is 10.9 Å². The van der Waals surface area contributed by atoms with E-state index in [0.29, 0.717) is 5.56 Å². The first-order chi connectivity index (χ1) is 18.8. The zero-order chi connectivity index (χ0) is 30.0. The number of aromatic amines is 1. The lowest BCUT2D eigenvalue weighted by molar-refractivity contribution is -0.144. The molecule has 9 N–H and O–H groups in total. The first kappa shape index (κ1) is 31.8. The molecule has 218 valence electrons. The van der Waals surface area contributed by atoms with E-state index in [1.807, 2.05) is 0 Å². The minimum Gasteiger partial charge on any atom is -0.481 e. The Kier molecular flexibility index (Phi) is 11.6. The molecule has 2 rings (SSSR count). The zero-order valence-corrected chi connectivity index (χ0v) is 22.2. The first-order valence-electron chi connectivity index (χ1n) is 12.7. The van der Waals surface area contributed by atoms with Gasteiger partial charge in [-0.2, -0.15) is 0 Å². The number of carboxylic acids is 3. The predicted octanol–water partition coefficient (Wildman–Crippen LogP) is -0.0377. The summed E-state index contributed by atoms with van der Waals surface area (Å²) in [5.41, 5.74) is 7.19. The van der Waals surface area contributed by atoms with Crippen LogP contribution < -0.4 is 21.7 Å². The second-order valence-electron chi connectivity index (χ2n) is 9.85. The van der Waals surface area contributed by atoms with Crippen molar-refractivity contribution in [1.29, 1.82) is 0 Å². The van der Waals surface area contributed by atoms with Gasteiger partial charge < -0.3 is 42.0 Å². The van der Waals surface area contributed by atoms with Gasteiger partial charge in [-0.25, -0.2) is 4.79 Å². The smallest absolute Gasteiger partial charge is 0.326 e. The Morgan fingerprint density at radius 3 is 2.05 bits per heavy atom. The third kappa shape index (κ3) is 9.69. The summed E-state index contributed by atoms with van der Waals surface area (Å²) in [6.45, 7) is 3.50. The van der Waals surface area contributed by atoms with Gasteiger partial charge in [-0.1, -0.05) is 32.0 Å². The molecule has 0 aliphatic rings. The number of hydrogen-bond acceptors (Lipinski definition) is 7. The number of nitrogens with one attached hydrogen (secondary N) is 4. The minimum atomic E-state index is -1.65. The number of amides is 3. The van der Waals surface area contributed by atoms with Gasteiger partial charge in [0.2, 0.25) is 17.7 Å². The standard InChI is InChI=1S/C26H35N5O9/c1-13(2)9-20(26(39)40)31-25(38)19(11-22(34)35)30-24(37)18(29-23(36)16(27)7-8-21(32)33)10-14-12-28-17-6-4-3-5-15(14)17/h3-6,12-13,16,18-20,28H,7-11,27H2,1-2H3,(H,29,36)(H,30,37)(H,31,38)(H,32,33)(H,34,35)(H,39,40). The molecule has 0 fully saturated rings. The average molecular weight is 562 g/mol. The van der Waals surface area contributed by atoms with Crippen molar-refractivity contribution in [2.45, 2.75) is 70.1 Å². The Morgan fingerprint density at radius 2 is 1.45 bits per heavy atom. The lowest BCUT2D eigenvalue weighted by Gasteiger charge is -2.25. The van der Waals surface area contributed by atoms with Crippen molar-refractivity contribution in [3.05, 3.63) is 36.0 Å². The molecule has 2 aromatic rings. The van der Waals surface area contributed by atoms with E-state index >= 15 is 0 Å². The molecule has 0 bridgehead atoms. The Morgan fingerprint density at radius 1 is 0.850 bits per heavy atom. The van der Waals surface area contributed by atoms with Crippen LogP contribution in [-0.2, 0) is 35.2 Å². The predicted molar refractivity (Wildman–Crippen MR) is 142 cm³/mol. The number of rotatable bonds is 16.